The van der Waals surface area contributed by atoms with Crippen LogP contribution in [0.3, 0.4) is 0 Å². The van der Waals surface area contributed by atoms with Crippen LogP contribution in [0.2, 0.25) is 0 Å². The molecule has 2 aromatic carbocycles. The number of aromatic nitrogens is 3. The van der Waals surface area contributed by atoms with Gasteiger partial charge in [0, 0.05) is 18.2 Å². The van der Waals surface area contributed by atoms with Crippen LogP contribution in [-0.2, 0) is 0 Å². The number of hydrogen-bond acceptors (Lipinski definition) is 4. The van der Waals surface area contributed by atoms with Crippen LogP contribution in [0.4, 0.5) is 11.4 Å². The summed E-state index contributed by atoms with van der Waals surface area (Å²) < 4.78 is 1.79. The number of benzene rings is 2. The lowest BCUT2D eigenvalue weighted by molar-refractivity contribution is 0.0983. The number of carbonyl (C=O) groups excluding carboxylic acids is 1. The molecule has 1 amide bonds. The molecule has 6 nitrogen and oxygen atoms in total. The number of aryl methyl sites for hydroxylation is 2. The summed E-state index contributed by atoms with van der Waals surface area (Å²) in [6.45, 7) is 8.78. The van der Waals surface area contributed by atoms with Gasteiger partial charge in [0.1, 0.15) is 11.6 Å². The molecule has 2 heterocycles. The van der Waals surface area contributed by atoms with Gasteiger partial charge in [0.05, 0.1) is 17.1 Å². The Hall–Kier alpha value is -3.15. The van der Waals surface area contributed by atoms with Crippen molar-refractivity contribution in [3.63, 3.8) is 0 Å². The molecule has 3 aromatic rings. The summed E-state index contributed by atoms with van der Waals surface area (Å²) in [7, 11) is 0. The average Bonchev–Trinajstić information content (AvgIpc) is 3.04. The van der Waals surface area contributed by atoms with Crippen molar-refractivity contribution >= 4 is 17.3 Å². The fourth-order valence-corrected chi connectivity index (χ4v) is 3.61. The molecule has 1 atom stereocenters. The molecular formula is C22H25N5O. The highest BCUT2D eigenvalue weighted by Crippen LogP contribution is 2.33. The Morgan fingerprint density at radius 2 is 1.82 bits per heavy atom. The normalized spacial score (nSPS) is 16.0. The second-order valence-corrected chi connectivity index (χ2v) is 7.59. The summed E-state index contributed by atoms with van der Waals surface area (Å²) in [5, 5.41) is 7.97. The Bertz CT molecular complexity index is 1010. The minimum Gasteiger partial charge on any atom is -0.379 e. The number of anilines is 2. The van der Waals surface area contributed by atoms with Crippen LogP contribution in [0.1, 0.15) is 35.9 Å². The van der Waals surface area contributed by atoms with Gasteiger partial charge in [0.25, 0.3) is 5.91 Å². The molecule has 4 rings (SSSR count). The first-order valence-electron chi connectivity index (χ1n) is 9.62. The molecular weight excluding hydrogens is 350 g/mol. The van der Waals surface area contributed by atoms with E-state index in [1.807, 2.05) is 67.3 Å². The first-order valence-corrected chi connectivity index (χ1v) is 9.62. The highest BCUT2D eigenvalue weighted by atomic mass is 16.2. The standard InChI is InChI=1S/C22H25N5O/c1-14(2)20-13-26(21-8-6-5-7-19(21)24-20)22(28)17-9-11-18(12-10-17)27-16(4)23-15(3)25-27/h5-12,14,20,24H,13H2,1-4H3/t20-/m1/s1. The topological polar surface area (TPSA) is 63.1 Å². The second-order valence-electron chi connectivity index (χ2n) is 7.59. The molecule has 0 fully saturated rings. The van der Waals surface area contributed by atoms with Crippen LogP contribution in [-0.4, -0.2) is 33.3 Å². The molecule has 1 aliphatic rings. The van der Waals surface area contributed by atoms with E-state index in [-0.39, 0.29) is 11.9 Å². The number of para-hydroxylation sites is 2. The average molecular weight is 375 g/mol. The van der Waals surface area contributed by atoms with Gasteiger partial charge in [-0.1, -0.05) is 26.0 Å². The maximum atomic E-state index is 13.3. The molecule has 1 N–H and O–H groups in total. The van der Waals surface area contributed by atoms with Crippen molar-refractivity contribution in [1.82, 2.24) is 14.8 Å². The Morgan fingerprint density at radius 1 is 1.11 bits per heavy atom. The predicted molar refractivity (Wildman–Crippen MR) is 111 cm³/mol. The van der Waals surface area contributed by atoms with Crippen LogP contribution in [0.15, 0.2) is 48.5 Å². The van der Waals surface area contributed by atoms with E-state index >= 15 is 0 Å². The Morgan fingerprint density at radius 3 is 2.46 bits per heavy atom. The molecule has 0 radical (unpaired) electrons. The number of nitrogens with one attached hydrogen (secondary N) is 1. The second kappa shape index (κ2) is 7.11. The van der Waals surface area contributed by atoms with Gasteiger partial charge in [-0.25, -0.2) is 9.67 Å². The summed E-state index contributed by atoms with van der Waals surface area (Å²) in [6.07, 6.45) is 0. The number of hydrogen-bond donors (Lipinski definition) is 1. The van der Waals surface area contributed by atoms with E-state index in [4.69, 9.17) is 0 Å². The fourth-order valence-electron chi connectivity index (χ4n) is 3.61. The lowest BCUT2D eigenvalue weighted by Crippen LogP contribution is -2.47. The molecule has 0 spiro atoms. The molecule has 1 aromatic heterocycles. The molecule has 0 bridgehead atoms. The third-order valence-electron chi connectivity index (χ3n) is 5.20. The highest BCUT2D eigenvalue weighted by Gasteiger charge is 2.30. The number of carbonyl (C=O) groups is 1. The SMILES string of the molecule is Cc1nc(C)n(-c2ccc(C(=O)N3C[C@H](C(C)C)Nc4ccccc43)cc2)n1. The zero-order chi connectivity index (χ0) is 19.8. The zero-order valence-corrected chi connectivity index (χ0v) is 16.7. The van der Waals surface area contributed by atoms with Gasteiger partial charge in [0.2, 0.25) is 0 Å². The minimum absolute atomic E-state index is 0.0117. The monoisotopic (exact) mass is 375 g/mol. The summed E-state index contributed by atoms with van der Waals surface area (Å²) in [5.41, 5.74) is 3.50. The lowest BCUT2D eigenvalue weighted by atomic mass is 9.99. The van der Waals surface area contributed by atoms with E-state index in [0.29, 0.717) is 18.0 Å². The van der Waals surface area contributed by atoms with Crippen LogP contribution < -0.4 is 10.2 Å². The summed E-state index contributed by atoms with van der Waals surface area (Å²) >= 11 is 0. The van der Waals surface area contributed by atoms with E-state index in [9.17, 15) is 4.79 Å². The number of fused-ring (bicyclic) bond motifs is 1. The smallest absolute Gasteiger partial charge is 0.258 e. The van der Waals surface area contributed by atoms with Gasteiger partial charge >= 0.3 is 0 Å². The van der Waals surface area contributed by atoms with Crippen LogP contribution in [0.5, 0.6) is 0 Å². The Kier molecular flexibility index (Phi) is 4.63. The largest absolute Gasteiger partial charge is 0.379 e. The third-order valence-corrected chi connectivity index (χ3v) is 5.20. The van der Waals surface area contributed by atoms with E-state index in [2.05, 4.69) is 29.2 Å². The van der Waals surface area contributed by atoms with Crippen molar-refractivity contribution < 1.29 is 4.79 Å². The summed E-state index contributed by atoms with van der Waals surface area (Å²) in [5.74, 6) is 1.99. The van der Waals surface area contributed by atoms with E-state index in [0.717, 1.165) is 28.7 Å². The molecule has 1 aliphatic heterocycles. The maximum absolute atomic E-state index is 13.3. The van der Waals surface area contributed by atoms with Crippen LogP contribution in [0.25, 0.3) is 5.69 Å². The summed E-state index contributed by atoms with van der Waals surface area (Å²) in [4.78, 5) is 19.5. The lowest BCUT2D eigenvalue weighted by Gasteiger charge is -2.37. The van der Waals surface area contributed by atoms with Crippen molar-refractivity contribution in [2.45, 2.75) is 33.7 Å². The molecule has 144 valence electrons. The van der Waals surface area contributed by atoms with E-state index in [1.54, 1.807) is 4.68 Å². The molecule has 28 heavy (non-hydrogen) atoms. The van der Waals surface area contributed by atoms with Crippen molar-refractivity contribution in [2.24, 2.45) is 5.92 Å². The maximum Gasteiger partial charge on any atom is 0.258 e. The minimum atomic E-state index is 0.0117. The molecule has 0 unspecified atom stereocenters. The first-order chi connectivity index (χ1) is 13.4. The van der Waals surface area contributed by atoms with E-state index in [1.165, 1.54) is 0 Å². The predicted octanol–water partition coefficient (Wildman–Crippen LogP) is 3.98. The van der Waals surface area contributed by atoms with Gasteiger partial charge in [-0.3, -0.25) is 4.79 Å². The zero-order valence-electron chi connectivity index (χ0n) is 16.7. The molecule has 0 saturated carbocycles. The van der Waals surface area contributed by atoms with Gasteiger partial charge in [-0.15, -0.1) is 0 Å². The fraction of sp³-hybridized carbons (Fsp3) is 0.318. The van der Waals surface area contributed by atoms with Crippen LogP contribution in [0, 0.1) is 19.8 Å². The molecule has 0 aliphatic carbocycles. The first kappa shape index (κ1) is 18.2. The van der Waals surface area contributed by atoms with Gasteiger partial charge in [-0.05, 0) is 56.2 Å². The number of nitrogens with zero attached hydrogens (tertiary/aromatic N) is 4. The summed E-state index contributed by atoms with van der Waals surface area (Å²) in [6, 6.07) is 15.8. The van der Waals surface area contributed by atoms with Crippen LogP contribution >= 0.6 is 0 Å². The molecule has 6 heteroatoms. The van der Waals surface area contributed by atoms with Gasteiger partial charge in [0.15, 0.2) is 0 Å². The molecule has 0 saturated heterocycles. The van der Waals surface area contributed by atoms with Crippen molar-refractivity contribution in [3.05, 3.63) is 65.7 Å². The third kappa shape index (κ3) is 3.26. The van der Waals surface area contributed by atoms with Crippen molar-refractivity contribution in [3.8, 4) is 5.69 Å². The number of amides is 1. The van der Waals surface area contributed by atoms with Crippen molar-refractivity contribution in [2.75, 3.05) is 16.8 Å². The quantitative estimate of drug-likeness (QED) is 0.752. The Balaban J connectivity index is 1.64. The number of rotatable bonds is 3. The Labute approximate surface area is 165 Å². The highest BCUT2D eigenvalue weighted by molar-refractivity contribution is 6.08. The van der Waals surface area contributed by atoms with E-state index < -0.39 is 0 Å². The van der Waals surface area contributed by atoms with Crippen molar-refractivity contribution in [1.29, 1.82) is 0 Å². The van der Waals surface area contributed by atoms with Gasteiger partial charge in [-0.2, -0.15) is 5.10 Å². The van der Waals surface area contributed by atoms with Gasteiger partial charge < -0.3 is 10.2 Å².